The quantitative estimate of drug-likeness (QED) is 0.449. The van der Waals surface area contributed by atoms with Gasteiger partial charge in [-0.15, -0.1) is 0 Å². The second-order valence-electron chi connectivity index (χ2n) is 2.40. The van der Waals surface area contributed by atoms with Crippen molar-refractivity contribution in [1.29, 1.82) is 0 Å². The maximum atomic E-state index is 10.2. The highest BCUT2D eigenvalue weighted by atomic mass is 32.2. The summed E-state index contributed by atoms with van der Waals surface area (Å²) in [6.07, 6.45) is 0. The highest BCUT2D eigenvalue weighted by Gasteiger charge is 2.11. The Morgan fingerprint density at radius 3 is 1.76 bits per heavy atom. The molecule has 0 N–H and O–H groups in total. The van der Waals surface area contributed by atoms with Gasteiger partial charge >= 0.3 is 0 Å². The first-order valence-corrected chi connectivity index (χ1v) is 4.91. The minimum Gasteiger partial charge on any atom is -0.750 e. The monoisotopic (exact) mass is 263 g/mol. The van der Waals surface area contributed by atoms with Crippen molar-refractivity contribution in [3.05, 3.63) is 44.5 Å². The summed E-state index contributed by atoms with van der Waals surface area (Å²) in [5.74, 6) is 0. The van der Waals surface area contributed by atoms with E-state index in [1.165, 1.54) is 18.2 Å². The van der Waals surface area contributed by atoms with Crippen LogP contribution in [0.1, 0.15) is 0 Å². The van der Waals surface area contributed by atoms with Crippen LogP contribution in [0.25, 0.3) is 0 Å². The molecule has 9 nitrogen and oxygen atoms in total. The summed E-state index contributed by atoms with van der Waals surface area (Å²) in [6.45, 7) is 0. The van der Waals surface area contributed by atoms with Gasteiger partial charge in [-0.25, -0.2) is 4.21 Å². The van der Waals surface area contributed by atoms with Crippen molar-refractivity contribution in [3.63, 3.8) is 0 Å². The first-order valence-electron chi connectivity index (χ1n) is 3.91. The molecule has 17 heavy (non-hydrogen) atoms. The third kappa shape index (κ3) is 6.29. The molecule has 94 valence electrons. The van der Waals surface area contributed by atoms with Crippen molar-refractivity contribution < 1.29 is 22.8 Å². The first kappa shape index (κ1) is 15.1. The molecule has 0 amide bonds. The normalized spacial score (nSPS) is 10.9. The smallest absolute Gasteiger partial charge is 0.276 e. The number of nitro benzene ring substituents is 2. The van der Waals surface area contributed by atoms with Gasteiger partial charge in [0.2, 0.25) is 0 Å². The van der Waals surface area contributed by atoms with E-state index in [0.29, 0.717) is 0 Å². The minimum atomic E-state index is -2.32. The number of non-ortho nitro benzene ring substituents is 2. The van der Waals surface area contributed by atoms with E-state index >= 15 is 0 Å². The zero-order valence-corrected chi connectivity index (χ0v) is 9.29. The van der Waals surface area contributed by atoms with E-state index in [1.807, 2.05) is 0 Å². The zero-order chi connectivity index (χ0) is 13.4. The number of nitrogens with zero attached hydrogens (tertiary/aromatic N) is 2. The van der Waals surface area contributed by atoms with Crippen molar-refractivity contribution >= 4 is 22.7 Å². The molecule has 0 aliphatic heterocycles. The van der Waals surface area contributed by atoms with Crippen molar-refractivity contribution in [2.75, 3.05) is 7.11 Å². The molecule has 0 spiro atoms. The van der Waals surface area contributed by atoms with Crippen LogP contribution in [0.3, 0.4) is 0 Å². The van der Waals surface area contributed by atoms with Gasteiger partial charge in [0.25, 0.3) is 11.4 Å². The predicted molar refractivity (Wildman–Crippen MR) is 55.7 cm³/mol. The number of rotatable bonds is 3. The molecule has 0 bridgehead atoms. The van der Waals surface area contributed by atoms with Crippen molar-refractivity contribution in [3.8, 4) is 0 Å². The zero-order valence-electron chi connectivity index (χ0n) is 8.47. The van der Waals surface area contributed by atoms with Crippen molar-refractivity contribution in [2.24, 2.45) is 0 Å². The molecule has 0 aliphatic carbocycles. The summed E-state index contributed by atoms with van der Waals surface area (Å²) in [4.78, 5) is 19.0. The summed E-state index contributed by atoms with van der Waals surface area (Å²) in [5, 5.41) is 20.3. The molecule has 1 rings (SSSR count). The number of benzene rings is 1. The molecule has 1 atom stereocenters. The Morgan fingerprint density at radius 1 is 1.18 bits per heavy atom. The van der Waals surface area contributed by atoms with E-state index < -0.39 is 21.2 Å². The fourth-order valence-electron chi connectivity index (χ4n) is 0.720. The van der Waals surface area contributed by atoms with Crippen LogP contribution < -0.4 is 0 Å². The molecule has 0 saturated carbocycles. The lowest BCUT2D eigenvalue weighted by Gasteiger charge is -1.94. The summed E-state index contributed by atoms with van der Waals surface area (Å²) < 4.78 is 22.0. The predicted octanol–water partition coefficient (Wildman–Crippen LogP) is 0.930. The highest BCUT2D eigenvalue weighted by molar-refractivity contribution is 7.74. The van der Waals surface area contributed by atoms with Gasteiger partial charge in [-0.1, -0.05) is 0 Å². The van der Waals surface area contributed by atoms with Gasteiger partial charge in [0, 0.05) is 12.1 Å². The van der Waals surface area contributed by atoms with Crippen LogP contribution in [-0.4, -0.2) is 25.7 Å². The third-order valence-corrected chi connectivity index (χ3v) is 1.66. The third-order valence-electron chi connectivity index (χ3n) is 1.39. The van der Waals surface area contributed by atoms with Gasteiger partial charge in [-0.05, 0) is 6.07 Å². The average molecular weight is 263 g/mol. The van der Waals surface area contributed by atoms with E-state index in [4.69, 9.17) is 8.76 Å². The fourth-order valence-corrected chi connectivity index (χ4v) is 0.720. The summed E-state index contributed by atoms with van der Waals surface area (Å²) >= 11 is -2.32. The van der Waals surface area contributed by atoms with Gasteiger partial charge in [-0.2, -0.15) is 0 Å². The SMILES string of the molecule is COS(=O)[O-].O=[N+]([O-])c1cccc([N+](=O)[O-])c1. The molecule has 1 unspecified atom stereocenters. The van der Waals surface area contributed by atoms with Crippen LogP contribution >= 0.6 is 0 Å². The average Bonchev–Trinajstić information content (AvgIpc) is 2.29. The van der Waals surface area contributed by atoms with Crippen LogP contribution in [-0.2, 0) is 15.5 Å². The minimum absolute atomic E-state index is 0.274. The standard InChI is InChI=1S/C6H4N2O4.CH4O3S/c9-7(10)5-2-1-3-6(4-5)8(11)12;1-4-5(2)3/h1-4H;1H3,(H,2,3)/p-1. The second-order valence-corrected chi connectivity index (χ2v) is 3.15. The summed E-state index contributed by atoms with van der Waals surface area (Å²) in [7, 11) is 1.09. The molecule has 0 aromatic heterocycles. The topological polar surface area (TPSA) is 136 Å². The highest BCUT2D eigenvalue weighted by Crippen LogP contribution is 2.18. The Bertz CT molecular complexity index is 407. The molecule has 10 heteroatoms. The lowest BCUT2D eigenvalue weighted by Crippen LogP contribution is -1.91. The van der Waals surface area contributed by atoms with Crippen LogP contribution in [0.15, 0.2) is 24.3 Å². The Labute approximate surface area is 97.8 Å². The number of hydrogen-bond donors (Lipinski definition) is 0. The molecule has 0 fully saturated rings. The summed E-state index contributed by atoms with van der Waals surface area (Å²) in [6, 6.07) is 4.59. The molecule has 0 saturated heterocycles. The maximum absolute atomic E-state index is 10.2. The maximum Gasteiger partial charge on any atom is 0.276 e. The van der Waals surface area contributed by atoms with Crippen molar-refractivity contribution in [2.45, 2.75) is 0 Å². The van der Waals surface area contributed by atoms with Gasteiger partial charge in [0.05, 0.1) is 34.4 Å². The Hall–Kier alpha value is -1.91. The van der Waals surface area contributed by atoms with Crippen LogP contribution in [0, 0.1) is 20.2 Å². The largest absolute Gasteiger partial charge is 0.750 e. The van der Waals surface area contributed by atoms with E-state index in [9.17, 15) is 20.2 Å². The number of nitro groups is 2. The second kappa shape index (κ2) is 7.38. The van der Waals surface area contributed by atoms with Crippen molar-refractivity contribution in [1.82, 2.24) is 0 Å². The Morgan fingerprint density at radius 2 is 1.53 bits per heavy atom. The van der Waals surface area contributed by atoms with E-state index in [0.717, 1.165) is 13.2 Å². The van der Waals surface area contributed by atoms with Gasteiger partial charge < -0.3 is 8.74 Å². The van der Waals surface area contributed by atoms with Gasteiger partial charge in [0.1, 0.15) is 0 Å². The van der Waals surface area contributed by atoms with Gasteiger partial charge in [-0.3, -0.25) is 20.2 Å². The lowest BCUT2D eigenvalue weighted by molar-refractivity contribution is -0.394. The Balaban J connectivity index is 0.000000437. The van der Waals surface area contributed by atoms with Crippen LogP contribution in [0.2, 0.25) is 0 Å². The molecular formula is C7H7N2O7S-. The Kier molecular flexibility index (Phi) is 6.55. The fraction of sp³-hybridized carbons (Fsp3) is 0.143. The lowest BCUT2D eigenvalue weighted by atomic mass is 10.3. The van der Waals surface area contributed by atoms with E-state index in [1.54, 1.807) is 0 Å². The summed E-state index contributed by atoms with van der Waals surface area (Å²) in [5.41, 5.74) is -0.548. The van der Waals surface area contributed by atoms with E-state index in [-0.39, 0.29) is 11.4 Å². The van der Waals surface area contributed by atoms with Crippen LogP contribution in [0.5, 0.6) is 0 Å². The molecule has 0 radical (unpaired) electrons. The molecule has 0 heterocycles. The molecule has 1 aromatic carbocycles. The molecular weight excluding hydrogens is 256 g/mol. The number of hydrogen-bond acceptors (Lipinski definition) is 7. The molecule has 1 aromatic rings. The van der Waals surface area contributed by atoms with E-state index in [2.05, 4.69) is 4.18 Å². The molecule has 0 aliphatic rings. The first-order chi connectivity index (χ1) is 7.88. The van der Waals surface area contributed by atoms with Crippen LogP contribution in [0.4, 0.5) is 11.4 Å². The van der Waals surface area contributed by atoms with Gasteiger partial charge in [0.15, 0.2) is 0 Å².